The molecule has 0 bridgehead atoms. The lowest BCUT2D eigenvalue weighted by molar-refractivity contribution is 0.0493. The second-order valence-electron chi connectivity index (χ2n) is 10.1. The van der Waals surface area contributed by atoms with Crippen LogP contribution in [0.15, 0.2) is 42.5 Å². The normalized spacial score (nSPS) is 20.0. The van der Waals surface area contributed by atoms with Gasteiger partial charge in [0, 0.05) is 83.8 Å². The van der Waals surface area contributed by atoms with Gasteiger partial charge in [-0.3, -0.25) is 14.6 Å². The monoisotopic (exact) mass is 478 g/mol. The molecular formula is C28H38N4O3. The molecule has 0 unspecified atom stereocenters. The molecule has 1 amide bonds. The number of aliphatic hydroxyl groups is 1. The highest BCUT2D eigenvalue weighted by Gasteiger charge is 2.28. The molecule has 1 fully saturated rings. The summed E-state index contributed by atoms with van der Waals surface area (Å²) in [7, 11) is 1.75. The molecule has 0 spiro atoms. The molecule has 0 aromatic heterocycles. The molecule has 0 radical (unpaired) electrons. The molecular weight excluding hydrogens is 440 g/mol. The van der Waals surface area contributed by atoms with Crippen molar-refractivity contribution in [3.63, 3.8) is 0 Å². The van der Waals surface area contributed by atoms with E-state index in [2.05, 4.69) is 51.1 Å². The lowest BCUT2D eigenvalue weighted by Crippen LogP contribution is -2.47. The Bertz CT molecular complexity index is 1020. The van der Waals surface area contributed by atoms with E-state index in [4.69, 9.17) is 4.74 Å². The molecule has 1 saturated heterocycles. The molecule has 7 heteroatoms. The minimum Gasteiger partial charge on any atom is -0.390 e. The van der Waals surface area contributed by atoms with E-state index in [1.807, 2.05) is 11.0 Å². The van der Waals surface area contributed by atoms with Crippen LogP contribution in [0.25, 0.3) is 0 Å². The van der Waals surface area contributed by atoms with Crippen LogP contribution in [0.2, 0.25) is 0 Å². The van der Waals surface area contributed by atoms with E-state index in [0.29, 0.717) is 19.6 Å². The summed E-state index contributed by atoms with van der Waals surface area (Å²) in [6.45, 7) is 9.30. The fourth-order valence-corrected chi connectivity index (χ4v) is 5.66. The number of rotatable bonds is 8. The molecule has 0 aliphatic carbocycles. The Kier molecular flexibility index (Phi) is 7.68. The van der Waals surface area contributed by atoms with Crippen molar-refractivity contribution in [1.29, 1.82) is 0 Å². The summed E-state index contributed by atoms with van der Waals surface area (Å²) in [6.07, 6.45) is 1.31. The number of anilines is 1. The van der Waals surface area contributed by atoms with Gasteiger partial charge in [0.15, 0.2) is 0 Å². The van der Waals surface area contributed by atoms with E-state index in [0.717, 1.165) is 76.4 Å². The summed E-state index contributed by atoms with van der Waals surface area (Å²) in [5.41, 5.74) is 5.89. The van der Waals surface area contributed by atoms with Crippen LogP contribution in [0, 0.1) is 0 Å². The van der Waals surface area contributed by atoms with Crippen LogP contribution < -0.4 is 4.90 Å². The first-order valence-electron chi connectivity index (χ1n) is 13.0. The van der Waals surface area contributed by atoms with Crippen LogP contribution >= 0.6 is 0 Å². The maximum Gasteiger partial charge on any atom is 0.254 e. The van der Waals surface area contributed by atoms with Crippen LogP contribution in [-0.4, -0.2) is 104 Å². The minimum absolute atomic E-state index is 0.0465. The van der Waals surface area contributed by atoms with Gasteiger partial charge >= 0.3 is 0 Å². The molecule has 3 heterocycles. The maximum atomic E-state index is 13.2. The van der Waals surface area contributed by atoms with Gasteiger partial charge in [0.05, 0.1) is 12.7 Å². The first-order chi connectivity index (χ1) is 17.1. The number of hydrogen-bond donors (Lipinski definition) is 1. The van der Waals surface area contributed by atoms with E-state index < -0.39 is 6.10 Å². The highest BCUT2D eigenvalue weighted by Crippen LogP contribution is 2.26. The molecule has 3 aliphatic rings. The predicted molar refractivity (Wildman–Crippen MR) is 138 cm³/mol. The maximum absolute atomic E-state index is 13.2. The van der Waals surface area contributed by atoms with Gasteiger partial charge in [-0.05, 0) is 47.7 Å². The van der Waals surface area contributed by atoms with Crippen LogP contribution in [-0.2, 0) is 24.1 Å². The SMILES string of the molecule is COCCN1CCN(c2ccc3c(c2)CCN(C[C@H](O)CN2CCc4ccccc4C2)C3=O)CC1. The average Bonchev–Trinajstić information content (AvgIpc) is 2.89. The topological polar surface area (TPSA) is 59.5 Å². The Morgan fingerprint density at radius 1 is 0.886 bits per heavy atom. The zero-order valence-electron chi connectivity index (χ0n) is 20.9. The smallest absolute Gasteiger partial charge is 0.254 e. The van der Waals surface area contributed by atoms with Crippen LogP contribution in [0.3, 0.4) is 0 Å². The van der Waals surface area contributed by atoms with Gasteiger partial charge < -0.3 is 19.6 Å². The van der Waals surface area contributed by atoms with Crippen molar-refractivity contribution in [3.05, 3.63) is 64.7 Å². The van der Waals surface area contributed by atoms with Gasteiger partial charge in [0.2, 0.25) is 0 Å². The van der Waals surface area contributed by atoms with Gasteiger partial charge in [-0.2, -0.15) is 0 Å². The van der Waals surface area contributed by atoms with Crippen LogP contribution in [0.1, 0.15) is 27.0 Å². The summed E-state index contributed by atoms with van der Waals surface area (Å²) in [4.78, 5) is 22.2. The quantitative estimate of drug-likeness (QED) is 0.625. The van der Waals surface area contributed by atoms with Crippen molar-refractivity contribution in [2.24, 2.45) is 0 Å². The van der Waals surface area contributed by atoms with Crippen LogP contribution in [0.4, 0.5) is 5.69 Å². The predicted octanol–water partition coefficient (Wildman–Crippen LogP) is 1.87. The summed E-state index contributed by atoms with van der Waals surface area (Å²) in [6, 6.07) is 14.8. The highest BCUT2D eigenvalue weighted by molar-refractivity contribution is 5.97. The molecule has 2 aromatic carbocycles. The van der Waals surface area contributed by atoms with Gasteiger partial charge in [-0.1, -0.05) is 24.3 Å². The standard InChI is InChI=1S/C28H38N4O3/c1-35-17-16-29-12-14-31(15-13-29)25-6-7-27-23(18-25)9-11-32(28(27)34)21-26(33)20-30-10-8-22-4-2-3-5-24(22)19-30/h2-7,18,26,33H,8-17,19-21H2,1H3/t26-/m1/s1. The summed E-state index contributed by atoms with van der Waals surface area (Å²) in [5, 5.41) is 10.8. The van der Waals surface area contributed by atoms with Crippen molar-refractivity contribution >= 4 is 11.6 Å². The Balaban J connectivity index is 1.14. The number of benzene rings is 2. The zero-order chi connectivity index (χ0) is 24.2. The molecule has 35 heavy (non-hydrogen) atoms. The van der Waals surface area contributed by atoms with Crippen molar-refractivity contribution < 1.29 is 14.6 Å². The Hall–Kier alpha value is -2.45. The number of aliphatic hydroxyl groups excluding tert-OH is 1. The lowest BCUT2D eigenvalue weighted by Gasteiger charge is -2.37. The first-order valence-corrected chi connectivity index (χ1v) is 13.0. The summed E-state index contributed by atoms with van der Waals surface area (Å²) < 4.78 is 5.20. The van der Waals surface area contributed by atoms with Gasteiger partial charge in [-0.25, -0.2) is 0 Å². The number of carbonyl (C=O) groups is 1. The third-order valence-electron chi connectivity index (χ3n) is 7.72. The number of amides is 1. The fourth-order valence-electron chi connectivity index (χ4n) is 5.66. The number of hydrogen-bond acceptors (Lipinski definition) is 6. The first kappa shape index (κ1) is 24.3. The zero-order valence-corrected chi connectivity index (χ0v) is 20.9. The summed E-state index contributed by atoms with van der Waals surface area (Å²) >= 11 is 0. The Morgan fingerprint density at radius 3 is 2.46 bits per heavy atom. The molecule has 7 nitrogen and oxygen atoms in total. The fraction of sp³-hybridized carbons (Fsp3) is 0.536. The van der Waals surface area contributed by atoms with Crippen molar-refractivity contribution in [2.75, 3.05) is 77.5 Å². The van der Waals surface area contributed by atoms with E-state index in [-0.39, 0.29) is 5.91 Å². The van der Waals surface area contributed by atoms with E-state index in [9.17, 15) is 9.90 Å². The van der Waals surface area contributed by atoms with Crippen LogP contribution in [0.5, 0.6) is 0 Å². The number of carbonyl (C=O) groups excluding carboxylic acids is 1. The van der Waals surface area contributed by atoms with E-state index in [1.165, 1.54) is 16.8 Å². The number of methoxy groups -OCH3 is 1. The van der Waals surface area contributed by atoms with Crippen molar-refractivity contribution in [1.82, 2.24) is 14.7 Å². The second-order valence-corrected chi connectivity index (χ2v) is 10.1. The Labute approximate surface area is 208 Å². The third kappa shape index (κ3) is 5.70. The number of ether oxygens (including phenoxy) is 1. The number of fused-ring (bicyclic) bond motifs is 2. The number of nitrogens with zero attached hydrogens (tertiary/aromatic N) is 4. The molecule has 1 N–H and O–H groups in total. The average molecular weight is 479 g/mol. The van der Waals surface area contributed by atoms with E-state index in [1.54, 1.807) is 7.11 Å². The van der Waals surface area contributed by atoms with Gasteiger partial charge in [0.1, 0.15) is 0 Å². The van der Waals surface area contributed by atoms with Crippen molar-refractivity contribution in [3.8, 4) is 0 Å². The molecule has 0 saturated carbocycles. The minimum atomic E-state index is -0.542. The summed E-state index contributed by atoms with van der Waals surface area (Å²) in [5.74, 6) is 0.0465. The molecule has 188 valence electrons. The largest absolute Gasteiger partial charge is 0.390 e. The Morgan fingerprint density at radius 2 is 1.66 bits per heavy atom. The third-order valence-corrected chi connectivity index (χ3v) is 7.72. The molecule has 5 rings (SSSR count). The van der Waals surface area contributed by atoms with Crippen molar-refractivity contribution in [2.45, 2.75) is 25.5 Å². The molecule has 3 aliphatic heterocycles. The molecule has 1 atom stereocenters. The van der Waals surface area contributed by atoms with Gasteiger partial charge in [0.25, 0.3) is 5.91 Å². The van der Waals surface area contributed by atoms with E-state index >= 15 is 0 Å². The lowest BCUT2D eigenvalue weighted by atomic mass is 9.97. The number of piperazine rings is 1. The highest BCUT2D eigenvalue weighted by atomic mass is 16.5. The molecule has 2 aromatic rings. The number of β-amino-alcohol motifs (C(OH)–C–C–N with tert-alkyl or cyclic N) is 1. The van der Waals surface area contributed by atoms with Gasteiger partial charge in [-0.15, -0.1) is 0 Å². The second kappa shape index (κ2) is 11.1.